The molecule has 84 valence electrons. The second-order valence-corrected chi connectivity index (χ2v) is 3.17. The number of halogens is 3. The number of carbonyl (C=O) groups is 1. The van der Waals surface area contributed by atoms with Gasteiger partial charge in [-0.05, 0) is 12.1 Å². The van der Waals surface area contributed by atoms with Crippen LogP contribution in [0.2, 0.25) is 0 Å². The number of hydrogen-bond acceptors (Lipinski definition) is 3. The largest absolute Gasteiger partial charge is 0.453 e. The van der Waals surface area contributed by atoms with E-state index in [0.29, 0.717) is 0 Å². The zero-order valence-electron chi connectivity index (χ0n) is 8.12. The summed E-state index contributed by atoms with van der Waals surface area (Å²) >= 11 is 0. The van der Waals surface area contributed by atoms with Crippen molar-refractivity contribution in [3.8, 4) is 0 Å². The maximum Gasteiger partial charge on any atom is 0.453 e. The van der Waals surface area contributed by atoms with Gasteiger partial charge in [-0.15, -0.1) is 5.10 Å². The van der Waals surface area contributed by atoms with Gasteiger partial charge in [0, 0.05) is 6.92 Å². The lowest BCUT2D eigenvalue weighted by atomic mass is 10.3. The molecule has 4 nitrogen and oxygen atoms in total. The fraction of sp³-hybridized carbons (Fsp3) is 0.222. The fourth-order valence-electron chi connectivity index (χ4n) is 1.29. The minimum atomic E-state index is -4.61. The highest BCUT2D eigenvalue weighted by atomic mass is 19.4. The summed E-state index contributed by atoms with van der Waals surface area (Å²) in [6, 6.07) is 4.21. The average Bonchev–Trinajstić information content (AvgIpc) is 2.59. The molecule has 2 aromatic heterocycles. The van der Waals surface area contributed by atoms with E-state index in [4.69, 9.17) is 0 Å². The Morgan fingerprint density at radius 2 is 2.06 bits per heavy atom. The summed E-state index contributed by atoms with van der Waals surface area (Å²) < 4.78 is 37.9. The molecule has 2 aromatic rings. The van der Waals surface area contributed by atoms with Gasteiger partial charge in [-0.2, -0.15) is 13.2 Å². The van der Waals surface area contributed by atoms with Crippen molar-refractivity contribution in [3.63, 3.8) is 0 Å². The SMILES string of the molecule is CC(=O)c1cccc2nc(C(F)(F)F)nn12. The molecular formula is C9H6F3N3O. The van der Waals surface area contributed by atoms with Crippen LogP contribution in [0, 0.1) is 0 Å². The van der Waals surface area contributed by atoms with Crippen LogP contribution >= 0.6 is 0 Å². The third-order valence-corrected chi connectivity index (χ3v) is 1.97. The van der Waals surface area contributed by atoms with E-state index in [1.54, 1.807) is 0 Å². The van der Waals surface area contributed by atoms with Gasteiger partial charge in [0.1, 0.15) is 5.69 Å². The van der Waals surface area contributed by atoms with Crippen LogP contribution in [0.15, 0.2) is 18.2 Å². The molecule has 0 amide bonds. The Morgan fingerprint density at radius 3 is 2.62 bits per heavy atom. The zero-order chi connectivity index (χ0) is 11.9. The first-order valence-corrected chi connectivity index (χ1v) is 4.33. The monoisotopic (exact) mass is 229 g/mol. The van der Waals surface area contributed by atoms with Crippen LogP contribution in [0.5, 0.6) is 0 Å². The molecule has 0 unspecified atom stereocenters. The van der Waals surface area contributed by atoms with Gasteiger partial charge < -0.3 is 0 Å². The summed E-state index contributed by atoms with van der Waals surface area (Å²) in [5.74, 6) is -1.62. The molecular weight excluding hydrogens is 223 g/mol. The van der Waals surface area contributed by atoms with Crippen molar-refractivity contribution in [1.82, 2.24) is 14.6 Å². The first kappa shape index (κ1) is 10.6. The highest BCUT2D eigenvalue weighted by molar-refractivity contribution is 5.92. The Labute approximate surface area is 87.7 Å². The molecule has 0 bridgehead atoms. The first-order valence-electron chi connectivity index (χ1n) is 4.33. The Morgan fingerprint density at radius 1 is 1.38 bits per heavy atom. The molecule has 0 aliphatic heterocycles. The molecule has 0 spiro atoms. The number of rotatable bonds is 1. The second-order valence-electron chi connectivity index (χ2n) is 3.17. The molecule has 0 aliphatic rings. The lowest BCUT2D eigenvalue weighted by molar-refractivity contribution is -0.144. The number of nitrogens with zero attached hydrogens (tertiary/aromatic N) is 3. The van der Waals surface area contributed by atoms with Crippen LogP contribution in [-0.4, -0.2) is 20.4 Å². The Bertz CT molecular complexity index is 559. The standard InChI is InChI=1S/C9H6F3N3O/c1-5(16)6-3-2-4-7-13-8(9(10,11)12)14-15(6)7/h2-4H,1H3. The quantitative estimate of drug-likeness (QED) is 0.702. The summed E-state index contributed by atoms with van der Waals surface area (Å²) in [6.45, 7) is 1.25. The Kier molecular flexibility index (Phi) is 2.18. The normalized spacial score (nSPS) is 12.0. The number of Topliss-reactive ketones (excluding diaryl/α,β-unsaturated/α-hetero) is 1. The van der Waals surface area contributed by atoms with E-state index in [2.05, 4.69) is 10.1 Å². The molecule has 0 N–H and O–H groups in total. The van der Waals surface area contributed by atoms with Crippen LogP contribution < -0.4 is 0 Å². The number of pyridine rings is 1. The number of fused-ring (bicyclic) bond motifs is 1. The maximum atomic E-state index is 12.3. The molecule has 0 aromatic carbocycles. The van der Waals surface area contributed by atoms with Gasteiger partial charge in [0.25, 0.3) is 5.82 Å². The van der Waals surface area contributed by atoms with Gasteiger partial charge in [0.15, 0.2) is 11.4 Å². The van der Waals surface area contributed by atoms with Crippen LogP contribution in [0.1, 0.15) is 23.2 Å². The summed E-state index contributed by atoms with van der Waals surface area (Å²) in [4.78, 5) is 14.5. The van der Waals surface area contributed by atoms with E-state index in [-0.39, 0.29) is 17.1 Å². The molecule has 2 rings (SSSR count). The van der Waals surface area contributed by atoms with E-state index in [1.165, 1.54) is 25.1 Å². The lowest BCUT2D eigenvalue weighted by Gasteiger charge is -1.98. The molecule has 0 radical (unpaired) electrons. The van der Waals surface area contributed by atoms with E-state index >= 15 is 0 Å². The van der Waals surface area contributed by atoms with Crippen molar-refractivity contribution in [1.29, 1.82) is 0 Å². The van der Waals surface area contributed by atoms with Crippen molar-refractivity contribution in [2.75, 3.05) is 0 Å². The smallest absolute Gasteiger partial charge is 0.293 e. The molecule has 0 atom stereocenters. The van der Waals surface area contributed by atoms with Crippen LogP contribution in [-0.2, 0) is 6.18 Å². The van der Waals surface area contributed by atoms with Gasteiger partial charge in [-0.3, -0.25) is 4.79 Å². The maximum absolute atomic E-state index is 12.3. The third kappa shape index (κ3) is 1.64. The summed E-state index contributed by atoms with van der Waals surface area (Å²) in [7, 11) is 0. The number of aromatic nitrogens is 3. The number of ketones is 1. The summed E-state index contributed by atoms with van der Waals surface area (Å²) in [5, 5.41) is 3.26. The van der Waals surface area contributed by atoms with Crippen molar-refractivity contribution in [2.24, 2.45) is 0 Å². The van der Waals surface area contributed by atoms with Gasteiger partial charge >= 0.3 is 6.18 Å². The topological polar surface area (TPSA) is 47.3 Å². The molecule has 0 aliphatic carbocycles. The Balaban J connectivity index is 2.71. The predicted molar refractivity (Wildman–Crippen MR) is 48.0 cm³/mol. The van der Waals surface area contributed by atoms with Gasteiger partial charge in [0.05, 0.1) is 0 Å². The van der Waals surface area contributed by atoms with Crippen molar-refractivity contribution >= 4 is 11.4 Å². The van der Waals surface area contributed by atoms with Crippen LogP contribution in [0.4, 0.5) is 13.2 Å². The molecule has 0 fully saturated rings. The molecule has 7 heteroatoms. The lowest BCUT2D eigenvalue weighted by Crippen LogP contribution is -2.09. The summed E-state index contributed by atoms with van der Waals surface area (Å²) in [5.41, 5.74) is 0.0699. The van der Waals surface area contributed by atoms with E-state index in [1.807, 2.05) is 0 Å². The van der Waals surface area contributed by atoms with Crippen molar-refractivity contribution in [3.05, 3.63) is 29.7 Å². The first-order chi connectivity index (χ1) is 7.39. The number of alkyl halides is 3. The van der Waals surface area contributed by atoms with Crippen LogP contribution in [0.3, 0.4) is 0 Å². The van der Waals surface area contributed by atoms with Gasteiger partial charge in [-0.1, -0.05) is 6.07 Å². The highest BCUT2D eigenvalue weighted by Gasteiger charge is 2.36. The predicted octanol–water partition coefficient (Wildman–Crippen LogP) is 1.95. The van der Waals surface area contributed by atoms with E-state index < -0.39 is 12.0 Å². The fourth-order valence-corrected chi connectivity index (χ4v) is 1.29. The molecule has 16 heavy (non-hydrogen) atoms. The number of carbonyl (C=O) groups excluding carboxylic acids is 1. The van der Waals surface area contributed by atoms with E-state index in [0.717, 1.165) is 4.52 Å². The van der Waals surface area contributed by atoms with E-state index in [9.17, 15) is 18.0 Å². The molecule has 0 saturated carbocycles. The average molecular weight is 229 g/mol. The molecule has 2 heterocycles. The minimum absolute atomic E-state index is 0.0000231. The summed E-state index contributed by atoms with van der Waals surface area (Å²) in [6.07, 6.45) is -4.61. The second kappa shape index (κ2) is 3.29. The molecule has 0 saturated heterocycles. The van der Waals surface area contributed by atoms with Crippen LogP contribution in [0.25, 0.3) is 5.65 Å². The highest BCUT2D eigenvalue weighted by Crippen LogP contribution is 2.26. The van der Waals surface area contributed by atoms with Gasteiger partial charge in [0.2, 0.25) is 0 Å². The minimum Gasteiger partial charge on any atom is -0.293 e. The number of hydrogen-bond donors (Lipinski definition) is 0. The van der Waals surface area contributed by atoms with Crippen molar-refractivity contribution in [2.45, 2.75) is 13.1 Å². The van der Waals surface area contributed by atoms with Crippen molar-refractivity contribution < 1.29 is 18.0 Å². The third-order valence-electron chi connectivity index (χ3n) is 1.97. The zero-order valence-corrected chi connectivity index (χ0v) is 8.12. The Hall–Kier alpha value is -1.92. The van der Waals surface area contributed by atoms with Gasteiger partial charge in [-0.25, -0.2) is 9.50 Å².